The summed E-state index contributed by atoms with van der Waals surface area (Å²) in [5.74, 6) is 1.28. The average Bonchev–Trinajstić information content (AvgIpc) is 3.41. The fourth-order valence-corrected chi connectivity index (χ4v) is 5.98. The highest BCUT2D eigenvalue weighted by Crippen LogP contribution is 2.41. The fraction of sp³-hybridized carbons (Fsp3) is 0.579. The van der Waals surface area contributed by atoms with E-state index >= 15 is 0 Å². The molecule has 0 saturated heterocycles. The van der Waals surface area contributed by atoms with E-state index in [0.29, 0.717) is 31.4 Å². The van der Waals surface area contributed by atoms with Gasteiger partial charge in [-0.2, -0.15) is 9.61 Å². The molecule has 4 aromatic rings. The van der Waals surface area contributed by atoms with Crippen LogP contribution in [-0.4, -0.2) is 60.1 Å². The second kappa shape index (κ2) is 7.72. The van der Waals surface area contributed by atoms with Gasteiger partial charge < -0.3 is 14.2 Å². The van der Waals surface area contributed by atoms with Crippen molar-refractivity contribution in [2.24, 2.45) is 0 Å². The Hall–Kier alpha value is -1.79. The van der Waals surface area contributed by atoms with E-state index in [1.165, 1.54) is 10.4 Å². The lowest BCUT2D eigenvalue weighted by atomic mass is 9.94. The summed E-state index contributed by atoms with van der Waals surface area (Å²) in [4.78, 5) is 6.85. The number of rotatable bonds is 7. The zero-order valence-corrected chi connectivity index (χ0v) is 19.0. The van der Waals surface area contributed by atoms with Crippen molar-refractivity contribution >= 4 is 44.7 Å². The minimum atomic E-state index is -0.284. The van der Waals surface area contributed by atoms with Crippen LogP contribution in [0.5, 0.6) is 0 Å². The lowest BCUT2D eigenvalue weighted by molar-refractivity contribution is -0.120. The summed E-state index contributed by atoms with van der Waals surface area (Å²) < 4.78 is 21.3. The Morgan fingerprint density at radius 3 is 2.83 bits per heavy atom. The van der Waals surface area contributed by atoms with Crippen molar-refractivity contribution in [1.29, 1.82) is 0 Å². The molecule has 0 unspecified atom stereocenters. The van der Waals surface area contributed by atoms with Gasteiger partial charge in [0, 0.05) is 24.5 Å². The van der Waals surface area contributed by atoms with Crippen molar-refractivity contribution < 1.29 is 14.2 Å². The Labute approximate surface area is 181 Å². The molecule has 1 aliphatic heterocycles. The predicted octanol–water partition coefficient (Wildman–Crippen LogP) is 3.33. The number of hydrogen-bond donors (Lipinski definition) is 0. The monoisotopic (exact) mass is 448 g/mol. The number of ether oxygens (including phenoxy) is 3. The first-order valence-electron chi connectivity index (χ1n) is 10.0. The third-order valence-electron chi connectivity index (χ3n) is 5.10. The third kappa shape index (κ3) is 3.28. The largest absolute Gasteiger partial charge is 0.370 e. The summed E-state index contributed by atoms with van der Waals surface area (Å²) in [5.41, 5.74) is 1.90. The van der Waals surface area contributed by atoms with Crippen molar-refractivity contribution in [3.8, 4) is 0 Å². The Morgan fingerprint density at radius 1 is 1.27 bits per heavy atom. The molecule has 1 aliphatic rings. The first kappa shape index (κ1) is 20.1. The zero-order chi connectivity index (χ0) is 20.9. The number of thiophene rings is 1. The topological polar surface area (TPSA) is 88.1 Å². The maximum absolute atomic E-state index is 6.06. The second-order valence-electron chi connectivity index (χ2n) is 7.67. The Kier molecular flexibility index (Phi) is 5.18. The third-order valence-corrected chi connectivity index (χ3v) is 7.25. The molecule has 5 rings (SSSR count). The van der Waals surface area contributed by atoms with Gasteiger partial charge in [-0.15, -0.1) is 21.5 Å². The molecule has 4 aromatic heterocycles. The van der Waals surface area contributed by atoms with Gasteiger partial charge in [0.1, 0.15) is 11.2 Å². The Bertz CT molecular complexity index is 1210. The van der Waals surface area contributed by atoms with Crippen LogP contribution in [0.15, 0.2) is 11.5 Å². The van der Waals surface area contributed by atoms with E-state index < -0.39 is 0 Å². The highest BCUT2D eigenvalue weighted by atomic mass is 32.2. The molecule has 0 spiro atoms. The number of thioether (sulfide) groups is 1. The molecule has 0 N–H and O–H groups in total. The number of hydrogen-bond acceptors (Lipinski definition) is 9. The van der Waals surface area contributed by atoms with Gasteiger partial charge in [0.15, 0.2) is 17.1 Å². The molecule has 0 amide bonds. The molecular formula is C19H24N6O3S2. The van der Waals surface area contributed by atoms with Crippen molar-refractivity contribution in [2.75, 3.05) is 19.0 Å². The first-order valence-corrected chi connectivity index (χ1v) is 11.8. The van der Waals surface area contributed by atoms with Crippen LogP contribution in [-0.2, 0) is 27.2 Å². The summed E-state index contributed by atoms with van der Waals surface area (Å²) in [6.07, 6.45) is 2.12. The van der Waals surface area contributed by atoms with Crippen LogP contribution in [0.4, 0.5) is 0 Å². The summed E-state index contributed by atoms with van der Waals surface area (Å²) >= 11 is 3.29. The van der Waals surface area contributed by atoms with Crippen LogP contribution in [0.3, 0.4) is 0 Å². The van der Waals surface area contributed by atoms with Gasteiger partial charge in [-0.3, -0.25) is 0 Å². The second-order valence-corrected chi connectivity index (χ2v) is 9.74. The van der Waals surface area contributed by atoms with Gasteiger partial charge in [-0.05, 0) is 33.3 Å². The van der Waals surface area contributed by atoms with Crippen LogP contribution in [0.1, 0.15) is 38.1 Å². The molecule has 0 saturated carbocycles. The molecule has 0 aliphatic carbocycles. The average molecular weight is 449 g/mol. The highest BCUT2D eigenvalue weighted by Gasteiger charge is 2.32. The van der Waals surface area contributed by atoms with Crippen LogP contribution < -0.4 is 0 Å². The number of aromatic nitrogens is 6. The zero-order valence-electron chi connectivity index (χ0n) is 17.4. The molecule has 0 aromatic carbocycles. The fourth-order valence-electron chi connectivity index (χ4n) is 3.81. The van der Waals surface area contributed by atoms with Crippen molar-refractivity contribution in [3.05, 3.63) is 16.8 Å². The predicted molar refractivity (Wildman–Crippen MR) is 115 cm³/mol. The SMILES string of the molecule is CCOC(CSc1nnc2n3ncnc3c3c4c(sc3n12)COC(C)(C)C4)OCC. The molecule has 9 nitrogen and oxygen atoms in total. The molecule has 0 bridgehead atoms. The molecule has 5 heterocycles. The van der Waals surface area contributed by atoms with Crippen LogP contribution >= 0.6 is 23.1 Å². The van der Waals surface area contributed by atoms with E-state index in [4.69, 9.17) is 14.2 Å². The van der Waals surface area contributed by atoms with E-state index in [1.807, 2.05) is 13.8 Å². The van der Waals surface area contributed by atoms with Crippen LogP contribution in [0, 0.1) is 0 Å². The smallest absolute Gasteiger partial charge is 0.260 e. The van der Waals surface area contributed by atoms with Crippen molar-refractivity contribution in [3.63, 3.8) is 0 Å². The molecule has 0 radical (unpaired) electrons. The highest BCUT2D eigenvalue weighted by molar-refractivity contribution is 7.99. The molecule has 0 fully saturated rings. The van der Waals surface area contributed by atoms with E-state index in [1.54, 1.807) is 33.9 Å². The van der Waals surface area contributed by atoms with Gasteiger partial charge in [-0.25, -0.2) is 9.38 Å². The first-order chi connectivity index (χ1) is 14.5. The van der Waals surface area contributed by atoms with Gasteiger partial charge in [0.25, 0.3) is 5.78 Å². The van der Waals surface area contributed by atoms with E-state index in [2.05, 4.69) is 38.5 Å². The van der Waals surface area contributed by atoms with Gasteiger partial charge in [-0.1, -0.05) is 11.8 Å². The molecule has 160 valence electrons. The van der Waals surface area contributed by atoms with E-state index in [-0.39, 0.29) is 11.9 Å². The number of nitrogens with zero attached hydrogens (tertiary/aromatic N) is 6. The lowest BCUT2D eigenvalue weighted by Gasteiger charge is -2.30. The molecular weight excluding hydrogens is 424 g/mol. The molecule has 30 heavy (non-hydrogen) atoms. The molecule has 0 atom stereocenters. The number of fused-ring (bicyclic) bond motifs is 8. The van der Waals surface area contributed by atoms with Crippen LogP contribution in [0.25, 0.3) is 21.6 Å². The van der Waals surface area contributed by atoms with Gasteiger partial charge in [0.2, 0.25) is 0 Å². The quantitative estimate of drug-likeness (QED) is 0.314. The standard InChI is InChI=1S/C19H24N6O3S2/c1-5-26-13(27-6-2)9-29-18-23-22-17-24(18)16-14(15-20-10-21-25(15)17)11-7-19(3,4)28-8-12(11)30-16/h10,13H,5-9H2,1-4H3. The minimum absolute atomic E-state index is 0.208. The maximum atomic E-state index is 6.06. The van der Waals surface area contributed by atoms with Crippen LogP contribution in [0.2, 0.25) is 0 Å². The molecule has 11 heteroatoms. The summed E-state index contributed by atoms with van der Waals surface area (Å²) in [7, 11) is 0. The van der Waals surface area contributed by atoms with E-state index in [0.717, 1.165) is 27.4 Å². The summed E-state index contributed by atoms with van der Waals surface area (Å²) in [6, 6.07) is 0. The Morgan fingerprint density at radius 2 is 2.07 bits per heavy atom. The lowest BCUT2D eigenvalue weighted by Crippen LogP contribution is -2.31. The van der Waals surface area contributed by atoms with Crippen molar-refractivity contribution in [1.82, 2.24) is 29.2 Å². The maximum Gasteiger partial charge on any atom is 0.260 e. The summed E-state index contributed by atoms with van der Waals surface area (Å²) in [6.45, 7) is 9.99. The summed E-state index contributed by atoms with van der Waals surface area (Å²) in [5, 5.41) is 15.2. The van der Waals surface area contributed by atoms with Gasteiger partial charge in [0.05, 0.1) is 23.3 Å². The minimum Gasteiger partial charge on any atom is -0.370 e. The van der Waals surface area contributed by atoms with Gasteiger partial charge >= 0.3 is 0 Å². The van der Waals surface area contributed by atoms with Crippen molar-refractivity contribution in [2.45, 2.75) is 57.8 Å². The normalized spacial score (nSPS) is 16.3. The van der Waals surface area contributed by atoms with E-state index in [9.17, 15) is 0 Å². The Balaban J connectivity index is 1.65.